The Morgan fingerprint density at radius 2 is 2.00 bits per heavy atom. The number of nitrogens with one attached hydrogen (secondary N) is 2. The van der Waals surface area contributed by atoms with Crippen LogP contribution in [0.5, 0.6) is 0 Å². The van der Waals surface area contributed by atoms with E-state index in [1.165, 1.54) is 4.90 Å². The van der Waals surface area contributed by atoms with Crippen molar-refractivity contribution in [1.82, 2.24) is 20.1 Å². The van der Waals surface area contributed by atoms with Crippen LogP contribution in [0.1, 0.15) is 46.1 Å². The molecular weight excluding hydrogens is 448 g/mol. The number of carbonyl (C=O) groups excluding carboxylic acids is 3. The molecule has 0 bridgehead atoms. The number of carbonyl (C=O) groups is 3. The van der Waals surface area contributed by atoms with Crippen LogP contribution in [0.25, 0.3) is 10.9 Å². The Bertz CT molecular complexity index is 1180. The number of piperazine rings is 1. The first kappa shape index (κ1) is 23.8. The number of H-pyrrole nitrogens is 1. The van der Waals surface area contributed by atoms with Gasteiger partial charge >= 0.3 is 0 Å². The van der Waals surface area contributed by atoms with Gasteiger partial charge in [-0.25, -0.2) is 0 Å². The standard InChI is InChI=1S/C26H34N4O5/c1-15(2)21-22(31)29-13-7-10-20(29)26(34)30(21)24(33)25(35-26,16(3)4)23(32)27-12-11-17-14-28-19-9-6-5-8-18(17)19/h5-6,8-9,14-16,20-21,28,34H,7,10-13H2,1-4H3,(H,27,32). The number of aromatic amines is 1. The van der Waals surface area contributed by atoms with E-state index < -0.39 is 41.3 Å². The number of fused-ring (bicyclic) bond motifs is 4. The Balaban J connectivity index is 1.43. The minimum absolute atomic E-state index is 0.191. The highest BCUT2D eigenvalue weighted by atomic mass is 16.7. The van der Waals surface area contributed by atoms with E-state index in [0.717, 1.165) is 16.5 Å². The number of hydrogen-bond donors (Lipinski definition) is 3. The fourth-order valence-electron chi connectivity index (χ4n) is 6.04. The lowest BCUT2D eigenvalue weighted by Crippen LogP contribution is -2.72. The molecule has 3 aliphatic heterocycles. The van der Waals surface area contributed by atoms with Crippen molar-refractivity contribution in [2.24, 2.45) is 11.8 Å². The first-order valence-electron chi connectivity index (χ1n) is 12.5. The Labute approximate surface area is 204 Å². The third-order valence-electron chi connectivity index (χ3n) is 7.83. The van der Waals surface area contributed by atoms with Crippen LogP contribution in [0.2, 0.25) is 0 Å². The third kappa shape index (κ3) is 3.31. The van der Waals surface area contributed by atoms with Crippen molar-refractivity contribution in [3.05, 3.63) is 36.0 Å². The predicted molar refractivity (Wildman–Crippen MR) is 129 cm³/mol. The van der Waals surface area contributed by atoms with E-state index in [1.807, 2.05) is 44.3 Å². The van der Waals surface area contributed by atoms with Gasteiger partial charge in [0, 0.05) is 36.1 Å². The number of benzene rings is 1. The predicted octanol–water partition coefficient (Wildman–Crippen LogP) is 1.76. The van der Waals surface area contributed by atoms with E-state index in [1.54, 1.807) is 18.7 Å². The molecule has 3 fully saturated rings. The third-order valence-corrected chi connectivity index (χ3v) is 7.83. The number of ether oxygens (including phenoxy) is 1. The van der Waals surface area contributed by atoms with Gasteiger partial charge in [-0.3, -0.25) is 19.3 Å². The van der Waals surface area contributed by atoms with Crippen molar-refractivity contribution in [3.8, 4) is 0 Å². The average Bonchev–Trinajstić information content (AvgIpc) is 3.52. The highest BCUT2D eigenvalue weighted by molar-refractivity contribution is 6.11. The second kappa shape index (κ2) is 8.34. The smallest absolute Gasteiger partial charge is 0.275 e. The van der Waals surface area contributed by atoms with Gasteiger partial charge in [0.2, 0.25) is 11.5 Å². The summed E-state index contributed by atoms with van der Waals surface area (Å²) in [5, 5.41) is 15.8. The molecule has 4 heterocycles. The fourth-order valence-corrected chi connectivity index (χ4v) is 6.04. The molecule has 3 aliphatic rings. The number of nitrogens with zero attached hydrogens (tertiary/aromatic N) is 2. The molecule has 0 aliphatic carbocycles. The van der Waals surface area contributed by atoms with E-state index in [-0.39, 0.29) is 11.8 Å². The SMILES string of the molecule is CC(C)C1C(=O)N2CCCC2C2(O)OC(C(=O)NCCc3c[nH]c4ccccc34)(C(C)C)C(=O)N12. The minimum atomic E-state index is -2.03. The van der Waals surface area contributed by atoms with Crippen LogP contribution < -0.4 is 5.32 Å². The zero-order chi connectivity index (χ0) is 25.1. The van der Waals surface area contributed by atoms with Crippen molar-refractivity contribution in [2.75, 3.05) is 13.1 Å². The molecule has 1 aromatic carbocycles. The van der Waals surface area contributed by atoms with Crippen LogP contribution in [-0.4, -0.2) is 74.3 Å². The van der Waals surface area contributed by atoms with Crippen molar-refractivity contribution >= 4 is 28.6 Å². The lowest BCUT2D eigenvalue weighted by molar-refractivity contribution is -0.316. The van der Waals surface area contributed by atoms with Gasteiger partial charge in [-0.1, -0.05) is 45.9 Å². The van der Waals surface area contributed by atoms with Crippen molar-refractivity contribution in [3.63, 3.8) is 0 Å². The second-order valence-corrected chi connectivity index (χ2v) is 10.6. The molecule has 2 aromatic rings. The zero-order valence-corrected chi connectivity index (χ0v) is 20.7. The Kier molecular flexibility index (Phi) is 5.68. The molecule has 0 saturated carbocycles. The Hall–Kier alpha value is -2.91. The van der Waals surface area contributed by atoms with E-state index in [0.29, 0.717) is 32.4 Å². The number of hydrogen-bond acceptors (Lipinski definition) is 5. The molecule has 1 aromatic heterocycles. The normalized spacial score (nSPS) is 30.5. The molecule has 35 heavy (non-hydrogen) atoms. The molecule has 9 nitrogen and oxygen atoms in total. The summed E-state index contributed by atoms with van der Waals surface area (Å²) >= 11 is 0. The summed E-state index contributed by atoms with van der Waals surface area (Å²) in [4.78, 5) is 46.9. The van der Waals surface area contributed by atoms with Gasteiger partial charge in [-0.2, -0.15) is 0 Å². The van der Waals surface area contributed by atoms with Crippen molar-refractivity contribution in [2.45, 2.75) is 70.6 Å². The summed E-state index contributed by atoms with van der Waals surface area (Å²) in [5.74, 6) is -4.26. The van der Waals surface area contributed by atoms with Crippen molar-refractivity contribution in [1.29, 1.82) is 0 Å². The van der Waals surface area contributed by atoms with Crippen LogP contribution in [-0.2, 0) is 25.5 Å². The quantitative estimate of drug-likeness (QED) is 0.543. The molecule has 0 radical (unpaired) electrons. The van der Waals surface area contributed by atoms with E-state index in [4.69, 9.17) is 4.74 Å². The highest BCUT2D eigenvalue weighted by Gasteiger charge is 2.73. The Morgan fingerprint density at radius 1 is 1.26 bits per heavy atom. The van der Waals surface area contributed by atoms with Gasteiger partial charge in [0.15, 0.2) is 0 Å². The zero-order valence-electron chi connectivity index (χ0n) is 20.7. The van der Waals surface area contributed by atoms with Gasteiger partial charge in [-0.05, 0) is 36.8 Å². The molecule has 3 N–H and O–H groups in total. The van der Waals surface area contributed by atoms with Crippen LogP contribution in [0.15, 0.2) is 30.5 Å². The maximum absolute atomic E-state index is 14.0. The lowest BCUT2D eigenvalue weighted by atomic mass is 9.87. The first-order valence-corrected chi connectivity index (χ1v) is 12.5. The summed E-state index contributed by atoms with van der Waals surface area (Å²) in [6, 6.07) is 6.36. The molecule has 0 spiro atoms. The topological polar surface area (TPSA) is 115 Å². The number of aliphatic hydroxyl groups is 1. The summed E-state index contributed by atoms with van der Waals surface area (Å²) in [6.45, 7) is 7.94. The number of para-hydroxylation sites is 1. The van der Waals surface area contributed by atoms with Gasteiger partial charge in [0.25, 0.3) is 17.7 Å². The first-order chi connectivity index (χ1) is 16.6. The molecule has 9 heteroatoms. The fraction of sp³-hybridized carbons (Fsp3) is 0.577. The van der Waals surface area contributed by atoms with Crippen LogP contribution in [0, 0.1) is 11.8 Å². The number of aromatic nitrogens is 1. The second-order valence-electron chi connectivity index (χ2n) is 10.6. The van der Waals surface area contributed by atoms with Crippen LogP contribution in [0.4, 0.5) is 0 Å². The maximum atomic E-state index is 14.0. The summed E-state index contributed by atoms with van der Waals surface area (Å²) < 4.78 is 6.20. The summed E-state index contributed by atoms with van der Waals surface area (Å²) in [7, 11) is 0. The van der Waals surface area contributed by atoms with E-state index >= 15 is 0 Å². The summed E-state index contributed by atoms with van der Waals surface area (Å²) in [5.41, 5.74) is 0.161. The Morgan fingerprint density at radius 3 is 2.71 bits per heavy atom. The number of rotatable bonds is 6. The van der Waals surface area contributed by atoms with Gasteiger partial charge < -0.3 is 25.0 Å². The maximum Gasteiger partial charge on any atom is 0.275 e. The number of amides is 3. The van der Waals surface area contributed by atoms with Gasteiger partial charge in [0.1, 0.15) is 12.1 Å². The molecule has 188 valence electrons. The van der Waals surface area contributed by atoms with E-state index in [2.05, 4.69) is 10.3 Å². The van der Waals surface area contributed by atoms with Gasteiger partial charge in [-0.15, -0.1) is 0 Å². The molecule has 3 amide bonds. The van der Waals surface area contributed by atoms with Gasteiger partial charge in [0.05, 0.1) is 0 Å². The average molecular weight is 483 g/mol. The van der Waals surface area contributed by atoms with E-state index in [9.17, 15) is 19.5 Å². The molecule has 4 atom stereocenters. The highest BCUT2D eigenvalue weighted by Crippen LogP contribution is 2.49. The van der Waals surface area contributed by atoms with Crippen LogP contribution >= 0.6 is 0 Å². The van der Waals surface area contributed by atoms with Crippen molar-refractivity contribution < 1.29 is 24.2 Å². The molecule has 3 saturated heterocycles. The largest absolute Gasteiger partial charge is 0.361 e. The molecule has 4 unspecified atom stereocenters. The molecular formula is C26H34N4O5. The monoisotopic (exact) mass is 482 g/mol. The lowest BCUT2D eigenvalue weighted by Gasteiger charge is -2.50. The minimum Gasteiger partial charge on any atom is -0.361 e. The van der Waals surface area contributed by atoms with Crippen LogP contribution in [0.3, 0.4) is 0 Å². The summed E-state index contributed by atoms with van der Waals surface area (Å²) in [6.07, 6.45) is 3.70. The molecule has 5 rings (SSSR count).